The number of alkyl halides is 3. The molecule has 590 valence electrons. The van der Waals surface area contributed by atoms with E-state index < -0.39 is 11.7 Å². The van der Waals surface area contributed by atoms with Crippen LogP contribution in [0.25, 0.3) is 81.4 Å². The fourth-order valence-corrected chi connectivity index (χ4v) is 26.2. The molecule has 9 heterocycles. The number of aromatic nitrogens is 2. The number of benzene rings is 6. The van der Waals surface area contributed by atoms with E-state index >= 15 is 0 Å². The van der Waals surface area contributed by atoms with Crippen molar-refractivity contribution in [2.45, 2.75) is 238 Å². The number of ether oxygens (including phenoxy) is 1. The van der Waals surface area contributed by atoms with Crippen molar-refractivity contribution in [1.29, 1.82) is 5.26 Å². The van der Waals surface area contributed by atoms with E-state index in [9.17, 15) is 13.2 Å². The van der Waals surface area contributed by atoms with Gasteiger partial charge in [0, 0.05) is 82.1 Å². The Hall–Kier alpha value is -7.28. The minimum atomic E-state index is -4.27. The summed E-state index contributed by atoms with van der Waals surface area (Å²) >= 11 is 11.2. The van der Waals surface area contributed by atoms with Crippen molar-refractivity contribution >= 4 is 153 Å². The number of nitriles is 1. The Morgan fingerprint density at radius 1 is 0.357 bits per heavy atom. The first-order valence-electron chi connectivity index (χ1n) is 38.3. The molecule has 112 heavy (non-hydrogen) atoms. The predicted molar refractivity (Wildman–Crippen MR) is 493 cm³/mol. The average Bonchev–Trinajstić information content (AvgIpc) is 1.61. The van der Waals surface area contributed by atoms with E-state index in [0.29, 0.717) is 24.6 Å². The van der Waals surface area contributed by atoms with Crippen LogP contribution in [0.1, 0.15) is 229 Å². The van der Waals surface area contributed by atoms with Crippen molar-refractivity contribution < 1.29 is 17.9 Å². The molecule has 0 saturated heterocycles. The summed E-state index contributed by atoms with van der Waals surface area (Å²) in [5.74, 6) is 0.939. The Morgan fingerprint density at radius 3 is 1.24 bits per heavy atom. The molecule has 6 aromatic carbocycles. The molecule has 0 N–H and O–H groups in total. The van der Waals surface area contributed by atoms with Crippen molar-refractivity contribution in [1.82, 2.24) is 9.97 Å². The zero-order valence-electron chi connectivity index (χ0n) is 71.3. The van der Waals surface area contributed by atoms with Crippen LogP contribution >= 0.6 is 68.0 Å². The van der Waals surface area contributed by atoms with Crippen LogP contribution in [0.5, 0.6) is 5.75 Å². The van der Waals surface area contributed by atoms with Crippen LogP contribution in [0.15, 0.2) is 164 Å². The van der Waals surface area contributed by atoms with Crippen molar-refractivity contribution in [3.8, 4) is 22.9 Å². The second kappa shape index (κ2) is 34.6. The number of methoxy groups -OCH3 is 1. The molecule has 0 atom stereocenters. The molecule has 0 radical (unpaired) electrons. The monoisotopic (exact) mass is 1680 g/mol. The maximum absolute atomic E-state index is 12.7. The minimum Gasteiger partial charge on any atom is -0.264 e. The number of halogens is 3. The number of fused-ring (bicyclic) bond motifs is 7. The zero-order chi connectivity index (χ0) is 82.9. The van der Waals surface area contributed by atoms with Crippen molar-refractivity contribution in [2.24, 2.45) is 0 Å². The number of thiophene rings is 6. The van der Waals surface area contributed by atoms with Gasteiger partial charge in [-0.05, 0) is 201 Å². The number of rotatable bonds is 2. The molecule has 0 aliphatic rings. The van der Waals surface area contributed by atoms with Gasteiger partial charge in [0.25, 0.3) is 0 Å². The van der Waals surface area contributed by atoms with E-state index in [4.69, 9.17) is 10.00 Å². The van der Waals surface area contributed by atoms with Crippen LogP contribution in [0.4, 0.5) is 13.2 Å². The smallest absolute Gasteiger partial charge is 0.264 e. The Morgan fingerprint density at radius 2 is 0.759 bits per heavy atom. The predicted octanol–water partition coefficient (Wildman–Crippen LogP) is 31.9. The molecule has 14 heteroatoms. The molecule has 0 spiro atoms. The van der Waals surface area contributed by atoms with E-state index in [1.54, 1.807) is 50.1 Å². The Balaban J connectivity index is 0.000000151. The summed E-state index contributed by atoms with van der Waals surface area (Å²) in [5.41, 5.74) is 14.0. The SMILES string of the molecule is COc1ccc2c(C(C)(C)C)c(C)sc2c1.Cc1[se]c2ccccc2c1C(C)(C)C.Cc1sc2cc(-c3ccccc3)ccc2c1C(C)(C)C.Cc1sc2cc(C#N)ccc2c1C(C)(C)C.Cc1sc2cc(C(F)(F)F)ccc2c1C(C)(C)C.Cc1sc2ccncc2c1C(C)(C)C.Cc1sc2ncccc2c1C(C)(C)C. The van der Waals surface area contributed by atoms with Gasteiger partial charge in [0.2, 0.25) is 0 Å². The molecule has 4 nitrogen and oxygen atoms in total. The van der Waals surface area contributed by atoms with E-state index in [2.05, 4.69) is 306 Å². The molecule has 0 amide bonds. The van der Waals surface area contributed by atoms with Gasteiger partial charge in [-0.15, -0.1) is 68.0 Å². The molecule has 0 fully saturated rings. The zero-order valence-corrected chi connectivity index (χ0v) is 77.9. The van der Waals surface area contributed by atoms with Crippen LogP contribution in [0.3, 0.4) is 0 Å². The number of nitrogens with zero attached hydrogens (tertiary/aromatic N) is 3. The van der Waals surface area contributed by atoms with Crippen LogP contribution in [-0.4, -0.2) is 31.6 Å². The number of hydrogen-bond acceptors (Lipinski definition) is 10. The summed E-state index contributed by atoms with van der Waals surface area (Å²) in [6.07, 6.45) is 1.45. The summed E-state index contributed by atoms with van der Waals surface area (Å²) in [4.78, 5) is 17.9. The second-order valence-corrected chi connectivity index (χ2v) is 46.3. The Bertz CT molecular complexity index is 5620. The van der Waals surface area contributed by atoms with Gasteiger partial charge in [-0.2, -0.15) is 18.4 Å². The summed E-state index contributed by atoms with van der Waals surface area (Å²) in [7, 11) is 1.71. The largest absolute Gasteiger partial charge is 0.416 e. The van der Waals surface area contributed by atoms with Gasteiger partial charge < -0.3 is 4.74 Å². The van der Waals surface area contributed by atoms with Crippen molar-refractivity contribution in [2.75, 3.05) is 7.11 Å². The maximum atomic E-state index is 12.7. The van der Waals surface area contributed by atoms with Crippen LogP contribution in [-0.2, 0) is 44.1 Å². The molecule has 0 aliphatic carbocycles. The van der Waals surface area contributed by atoms with E-state index in [0.717, 1.165) is 32.0 Å². The van der Waals surface area contributed by atoms with Gasteiger partial charge in [-0.25, -0.2) is 4.98 Å². The standard InChI is InChI=1S/C19H20S.C14H15F3S.C14H15NS.C14H18OS.C13H16Se.2C12H15NS/c1-13-18(19(2,3)4)16-11-10-15(12-17(16)20-13)14-8-6-5-7-9-14;1-8-12(13(2,3)4)10-6-5-9(14(15,16)17)7-11(10)18-8;1-9-13(14(2,3)4)11-6-5-10(8-15)7-12(11)16-9;1-9-13(14(2,3)4)11-7-6-10(15-5)8-12(11)16-9;1-9-12(13(2,3)4)10-7-5-6-8-11(10)14-9;1-8-11(12(2,3)4)9-7-13-6-5-10(9)14-8;1-8-10(12(2,3)4)9-6-5-7-13-11(9)14-8/h5-12H,1-4H3;5-7H,1-4H3;5-7H,1-4H3;6-8H,1-5H3;5-8H,1-4H3;2*5-7H,1-4H3. The average molecular weight is 1680 g/mol. The molecule has 0 bridgehead atoms. The van der Waals surface area contributed by atoms with Gasteiger partial charge >= 0.3 is 97.7 Å². The first-order valence-corrected chi connectivity index (χ1v) is 44.9. The van der Waals surface area contributed by atoms with Gasteiger partial charge in [-0.3, -0.25) is 4.98 Å². The number of aryl methyl sites for hydroxylation is 7. The van der Waals surface area contributed by atoms with E-state index in [1.807, 2.05) is 83.8 Å². The van der Waals surface area contributed by atoms with Gasteiger partial charge in [0.05, 0.1) is 24.3 Å². The van der Waals surface area contributed by atoms with Gasteiger partial charge in [0.1, 0.15) is 10.6 Å². The van der Waals surface area contributed by atoms with Crippen LogP contribution in [0, 0.1) is 59.8 Å². The van der Waals surface area contributed by atoms with Crippen LogP contribution < -0.4 is 4.74 Å². The normalized spacial score (nSPS) is 12.3. The Labute approximate surface area is 696 Å². The summed E-state index contributed by atoms with van der Waals surface area (Å²) < 4.78 is 52.4. The minimum absolute atomic E-state index is 0.0535. The van der Waals surface area contributed by atoms with Gasteiger partial charge in [-0.1, -0.05) is 185 Å². The Kier molecular flexibility index (Phi) is 27.4. The van der Waals surface area contributed by atoms with Crippen molar-refractivity contribution in [3.05, 3.63) is 248 Å². The van der Waals surface area contributed by atoms with Crippen molar-refractivity contribution in [3.63, 3.8) is 0 Å². The number of pyridine rings is 2. The van der Waals surface area contributed by atoms with E-state index in [-0.39, 0.29) is 32.5 Å². The third kappa shape index (κ3) is 20.9. The molecular weight excluding hydrogens is 1560 g/mol. The molecule has 0 saturated carbocycles. The number of hydrogen-bond donors (Lipinski definition) is 0. The van der Waals surface area contributed by atoms with Crippen LogP contribution in [0.2, 0.25) is 0 Å². The molecule has 15 rings (SSSR count). The fourth-order valence-electron chi connectivity index (χ4n) is 15.8. The topological polar surface area (TPSA) is 58.8 Å². The summed E-state index contributed by atoms with van der Waals surface area (Å²) in [5, 5.41) is 18.1. The fraction of sp³-hybridized carbons (Fsp3) is 0.378. The summed E-state index contributed by atoms with van der Waals surface area (Å²) in [6.45, 7) is 62.4. The quantitative estimate of drug-likeness (QED) is 0.162. The first kappa shape index (κ1) is 88.7. The second-order valence-electron chi connectivity index (χ2n) is 36.2. The molecular formula is C98H114F3N3OS6Se. The van der Waals surface area contributed by atoms with E-state index in [1.165, 1.54) is 138 Å². The summed E-state index contributed by atoms with van der Waals surface area (Å²) in [6, 6.07) is 51.2. The molecule has 15 aromatic rings. The first-order chi connectivity index (χ1) is 51.9. The molecule has 0 aliphatic heterocycles. The van der Waals surface area contributed by atoms with Gasteiger partial charge in [0.15, 0.2) is 0 Å². The molecule has 0 unspecified atom stereocenters. The third-order valence-electron chi connectivity index (χ3n) is 19.6. The maximum Gasteiger partial charge on any atom is 0.416 e. The molecule has 9 aromatic heterocycles. The third-order valence-corrected chi connectivity index (χ3v) is 28.2.